The monoisotopic (exact) mass is 698 g/mol. The molecule has 1 amide bonds. The van der Waals surface area contributed by atoms with E-state index < -0.39 is 18.6 Å². The Balaban J connectivity index is 1.57. The van der Waals surface area contributed by atoms with Crippen LogP contribution in [-0.4, -0.2) is 93.4 Å². The summed E-state index contributed by atoms with van der Waals surface area (Å²) in [5.41, 5.74) is 0. The van der Waals surface area contributed by atoms with Crippen molar-refractivity contribution in [3.05, 3.63) is 0 Å². The molecule has 0 aliphatic carbocycles. The summed E-state index contributed by atoms with van der Waals surface area (Å²) >= 11 is 0. The van der Waals surface area contributed by atoms with Crippen LogP contribution in [0.5, 0.6) is 0 Å². The summed E-state index contributed by atoms with van der Waals surface area (Å²) in [7, 11) is 1.69. The highest BCUT2D eigenvalue weighted by Gasteiger charge is 2.52. The molecule has 0 spiro atoms. The highest BCUT2D eigenvalue weighted by Crippen LogP contribution is 2.43. The van der Waals surface area contributed by atoms with Gasteiger partial charge in [0.2, 0.25) is 5.91 Å². The van der Waals surface area contributed by atoms with E-state index in [9.17, 15) is 4.79 Å². The van der Waals surface area contributed by atoms with E-state index in [0.29, 0.717) is 30.3 Å². The van der Waals surface area contributed by atoms with E-state index in [1.54, 1.807) is 14.0 Å². The van der Waals surface area contributed by atoms with Gasteiger partial charge in [0.25, 0.3) is 0 Å². The van der Waals surface area contributed by atoms with Gasteiger partial charge in [-0.25, -0.2) is 0 Å². The molecular weight excluding hydrogens is 626 g/mol. The highest BCUT2D eigenvalue weighted by atomic mass is 16.7. The third-order valence-corrected chi connectivity index (χ3v) is 13.0. The van der Waals surface area contributed by atoms with Gasteiger partial charge in [-0.15, -0.1) is 0 Å². The molecule has 10 heteroatoms. The normalized spacial score (nSPS) is 49.4. The van der Waals surface area contributed by atoms with Crippen LogP contribution >= 0.6 is 0 Å². The maximum atomic E-state index is 12.7. The first-order valence-electron chi connectivity index (χ1n) is 19.5. The Kier molecular flexibility index (Phi) is 14.8. The molecule has 10 nitrogen and oxygen atoms in total. The molecule has 0 bridgehead atoms. The van der Waals surface area contributed by atoms with Gasteiger partial charge in [0.1, 0.15) is 0 Å². The second-order valence-electron chi connectivity index (χ2n) is 16.1. The number of hydrogen-bond donors (Lipinski definition) is 1. The first-order chi connectivity index (χ1) is 23.2. The van der Waals surface area contributed by atoms with Crippen molar-refractivity contribution < 1.29 is 42.7 Å². The van der Waals surface area contributed by atoms with Gasteiger partial charge >= 0.3 is 0 Å². The lowest BCUT2D eigenvalue weighted by Gasteiger charge is -2.52. The van der Waals surface area contributed by atoms with Crippen LogP contribution in [0.4, 0.5) is 0 Å². The average molecular weight is 698 g/mol. The van der Waals surface area contributed by atoms with Crippen molar-refractivity contribution in [1.29, 1.82) is 0 Å². The van der Waals surface area contributed by atoms with E-state index in [1.165, 1.54) is 0 Å². The van der Waals surface area contributed by atoms with Crippen LogP contribution in [0.1, 0.15) is 109 Å². The fraction of sp³-hybridized carbons (Fsp3) is 0.974. The predicted molar refractivity (Wildman–Crippen MR) is 189 cm³/mol. The Bertz CT molecular complexity index is 1030. The zero-order valence-corrected chi connectivity index (χ0v) is 33.0. The molecule has 1 N–H and O–H groups in total. The number of nitrogens with one attached hydrogen (secondary N) is 1. The van der Waals surface area contributed by atoms with Crippen LogP contribution in [0.3, 0.4) is 0 Å². The number of amides is 1. The topological polar surface area (TPSA) is 103 Å². The van der Waals surface area contributed by atoms with Crippen LogP contribution in [-0.2, 0) is 42.7 Å². The summed E-state index contributed by atoms with van der Waals surface area (Å²) in [4.78, 5) is 12.7. The molecule has 4 saturated heterocycles. The Morgan fingerprint density at radius 3 is 1.61 bits per heavy atom. The number of ether oxygens (including phenoxy) is 8. The minimum Gasteiger partial charge on any atom is -0.382 e. The van der Waals surface area contributed by atoms with E-state index in [2.05, 4.69) is 88.4 Å². The molecule has 49 heavy (non-hydrogen) atoms. The largest absolute Gasteiger partial charge is 0.382 e. The number of carbonyl (C=O) groups excluding carboxylic acids is 1. The van der Waals surface area contributed by atoms with Crippen molar-refractivity contribution in [2.45, 2.75) is 183 Å². The third kappa shape index (κ3) is 8.86. The Morgan fingerprint density at radius 2 is 1.04 bits per heavy atom. The van der Waals surface area contributed by atoms with Gasteiger partial charge in [0.05, 0.1) is 61.5 Å². The van der Waals surface area contributed by atoms with Crippen molar-refractivity contribution in [1.82, 2.24) is 5.32 Å². The molecule has 0 aromatic heterocycles. The van der Waals surface area contributed by atoms with Gasteiger partial charge in [-0.1, -0.05) is 76.2 Å². The molecule has 4 fully saturated rings. The van der Waals surface area contributed by atoms with Gasteiger partial charge in [-0.05, 0) is 49.9 Å². The van der Waals surface area contributed by atoms with Gasteiger partial charge in [0.15, 0.2) is 18.9 Å². The van der Waals surface area contributed by atoms with Crippen molar-refractivity contribution in [2.75, 3.05) is 13.7 Å². The number of hydrogen-bond acceptors (Lipinski definition) is 9. The van der Waals surface area contributed by atoms with Crippen LogP contribution in [0.2, 0.25) is 0 Å². The molecular formula is C39H71NO9. The fourth-order valence-electron chi connectivity index (χ4n) is 8.90. The van der Waals surface area contributed by atoms with Crippen molar-refractivity contribution >= 4 is 5.91 Å². The zero-order chi connectivity index (χ0) is 36.3. The number of rotatable bonds is 12. The smallest absolute Gasteiger partial charge is 0.217 e. The van der Waals surface area contributed by atoms with Gasteiger partial charge in [0, 0.05) is 37.7 Å². The summed E-state index contributed by atoms with van der Waals surface area (Å²) in [6.45, 7) is 28.3. The van der Waals surface area contributed by atoms with Crippen molar-refractivity contribution in [3.63, 3.8) is 0 Å². The second kappa shape index (κ2) is 17.8. The van der Waals surface area contributed by atoms with Crippen LogP contribution in [0.25, 0.3) is 0 Å². The minimum absolute atomic E-state index is 0.0137. The van der Waals surface area contributed by atoms with E-state index in [0.717, 1.165) is 19.3 Å². The minimum atomic E-state index is -0.686. The quantitative estimate of drug-likeness (QED) is 0.243. The van der Waals surface area contributed by atoms with E-state index in [4.69, 9.17) is 37.9 Å². The third-order valence-electron chi connectivity index (χ3n) is 13.0. The molecule has 4 aliphatic heterocycles. The maximum absolute atomic E-state index is 12.7. The zero-order valence-electron chi connectivity index (χ0n) is 33.0. The van der Waals surface area contributed by atoms with E-state index >= 15 is 0 Å². The Morgan fingerprint density at radius 1 is 0.531 bits per heavy atom. The van der Waals surface area contributed by atoms with Gasteiger partial charge in [-0.3, -0.25) is 4.79 Å². The Hall–Kier alpha value is -0.850. The van der Waals surface area contributed by atoms with Crippen molar-refractivity contribution in [3.8, 4) is 0 Å². The first-order valence-corrected chi connectivity index (χ1v) is 19.5. The number of carbonyl (C=O) groups is 1. The molecule has 9 unspecified atom stereocenters. The lowest BCUT2D eigenvalue weighted by Crippen LogP contribution is -2.64. The van der Waals surface area contributed by atoms with Gasteiger partial charge < -0.3 is 43.2 Å². The Labute approximate surface area is 297 Å². The summed E-state index contributed by atoms with van der Waals surface area (Å²) in [6, 6.07) is -0.427. The molecule has 4 aliphatic rings. The molecule has 0 aromatic carbocycles. The fourth-order valence-corrected chi connectivity index (χ4v) is 8.90. The molecule has 0 aromatic rings. The van der Waals surface area contributed by atoms with Crippen LogP contribution < -0.4 is 5.32 Å². The summed E-state index contributed by atoms with van der Waals surface area (Å²) in [6.07, 6.45) is 0.132. The molecule has 0 radical (unpaired) electrons. The number of methoxy groups -OCH3 is 1. The lowest BCUT2D eigenvalue weighted by molar-refractivity contribution is -0.350. The standard InChI is InChI=1S/C39H71NO9/c1-15-29-21(6)19(4)23(8)37(44-29)49-36-25(10)33(40-28(13)41)39(45-31(36)17-3)47-34-24(9)32(18-42-14)46-38(26(34)11)48-35-22(7)20(5)27(12)43-30(35)16-2/h19-27,29-39H,15-18H2,1-14H3,(H,40,41)/t19-,20?,21+,22+,23?,24-,25+,26?,27?,29?,30?,31?,32?,33?,34-,35-,36-,37-,38-,39-/m0/s1. The lowest BCUT2D eigenvalue weighted by atomic mass is 9.78. The summed E-state index contributed by atoms with van der Waals surface area (Å²) < 4.78 is 52.9. The van der Waals surface area contributed by atoms with Crippen molar-refractivity contribution in [2.24, 2.45) is 47.3 Å². The summed E-state index contributed by atoms with van der Waals surface area (Å²) in [5.74, 6) is 1.42. The predicted octanol–water partition coefficient (Wildman–Crippen LogP) is 6.57. The molecule has 286 valence electrons. The molecule has 0 saturated carbocycles. The second-order valence-corrected chi connectivity index (χ2v) is 16.1. The van der Waals surface area contributed by atoms with E-state index in [-0.39, 0.29) is 84.7 Å². The van der Waals surface area contributed by atoms with Crippen LogP contribution in [0.15, 0.2) is 0 Å². The summed E-state index contributed by atoms with van der Waals surface area (Å²) in [5, 5.41) is 3.19. The first kappa shape index (κ1) is 40.9. The SMILES string of the molecule is CCC1OC(C)C(C)[C@@H](C)[C@@H]1O[C@@H]1OC(COC)[C@H](C)[C@H](O[C@@H]2OC(CC)[C@@H](O[C@@H]3OC(CC)[C@H](C)[C@H](C)C3C)[C@H](C)C2NC(C)=O)C1C. The van der Waals surface area contributed by atoms with Crippen LogP contribution in [0, 0.1) is 47.3 Å². The molecule has 4 heterocycles. The highest BCUT2D eigenvalue weighted by molar-refractivity contribution is 5.73. The van der Waals surface area contributed by atoms with E-state index in [1.807, 2.05) is 0 Å². The average Bonchev–Trinajstić information content (AvgIpc) is 3.07. The molecule has 20 atom stereocenters. The molecule has 4 rings (SSSR count). The van der Waals surface area contributed by atoms with Gasteiger partial charge in [-0.2, -0.15) is 0 Å². The maximum Gasteiger partial charge on any atom is 0.217 e.